The molecule has 3 aromatic carbocycles. The van der Waals surface area contributed by atoms with Crippen LogP contribution in [0.3, 0.4) is 0 Å². The average molecular weight is 535 g/mol. The molecule has 0 saturated heterocycles. The van der Waals surface area contributed by atoms with Crippen LogP contribution < -0.4 is 20.1 Å². The maximum absolute atomic E-state index is 14.6. The van der Waals surface area contributed by atoms with Crippen LogP contribution in [0.1, 0.15) is 61.8 Å². The van der Waals surface area contributed by atoms with E-state index in [0.29, 0.717) is 30.6 Å². The standard InChI is InChI=1S/C33H43FN2O3/c1-33(2,3)22-35-16-17-39-32-14-7-23(18-30(32)34)6-5-15-36-31-21-28(38-4)12-13-29(31)26-9-8-25-20-27(37)11-10-24(25)19-26/h7,10-14,18,20-21,26,35-37H,5-6,8-9,15-17,19,22H2,1-4H3. The molecule has 210 valence electrons. The van der Waals surface area contributed by atoms with Crippen LogP contribution in [0.5, 0.6) is 17.2 Å². The van der Waals surface area contributed by atoms with Gasteiger partial charge < -0.3 is 25.2 Å². The summed E-state index contributed by atoms with van der Waals surface area (Å²) in [5.41, 5.74) is 6.11. The molecule has 1 unspecified atom stereocenters. The van der Waals surface area contributed by atoms with Crippen molar-refractivity contribution in [1.29, 1.82) is 0 Å². The zero-order chi connectivity index (χ0) is 27.8. The van der Waals surface area contributed by atoms with Crippen molar-refractivity contribution in [2.24, 2.45) is 5.41 Å². The van der Waals surface area contributed by atoms with E-state index in [1.807, 2.05) is 24.3 Å². The number of hydrogen-bond donors (Lipinski definition) is 3. The van der Waals surface area contributed by atoms with Crippen LogP contribution in [-0.4, -0.2) is 38.5 Å². The van der Waals surface area contributed by atoms with Gasteiger partial charge in [0, 0.05) is 31.4 Å². The van der Waals surface area contributed by atoms with Gasteiger partial charge in [0.05, 0.1) is 7.11 Å². The van der Waals surface area contributed by atoms with Gasteiger partial charge in [0.15, 0.2) is 11.6 Å². The van der Waals surface area contributed by atoms with E-state index in [0.717, 1.165) is 62.2 Å². The summed E-state index contributed by atoms with van der Waals surface area (Å²) in [4.78, 5) is 0. The van der Waals surface area contributed by atoms with E-state index >= 15 is 0 Å². The molecule has 1 atom stereocenters. The van der Waals surface area contributed by atoms with E-state index in [1.165, 1.54) is 16.7 Å². The molecular weight excluding hydrogens is 491 g/mol. The summed E-state index contributed by atoms with van der Waals surface area (Å²) in [6.07, 6.45) is 4.60. The third-order valence-corrected chi connectivity index (χ3v) is 7.26. The zero-order valence-corrected chi connectivity index (χ0v) is 23.8. The maximum Gasteiger partial charge on any atom is 0.165 e. The smallest absolute Gasteiger partial charge is 0.165 e. The van der Waals surface area contributed by atoms with Gasteiger partial charge in [-0.05, 0) is 96.0 Å². The third-order valence-electron chi connectivity index (χ3n) is 7.26. The molecular formula is C33H43FN2O3. The van der Waals surface area contributed by atoms with Gasteiger partial charge in [0.25, 0.3) is 0 Å². The SMILES string of the molecule is COc1ccc(C2CCc3cc(O)ccc3C2)c(NCCCc2ccc(OCCNCC(C)(C)C)c(F)c2)c1. The number of rotatable bonds is 12. The van der Waals surface area contributed by atoms with Crippen LogP contribution in [0.4, 0.5) is 10.1 Å². The van der Waals surface area contributed by atoms with Gasteiger partial charge in [-0.3, -0.25) is 0 Å². The number of hydrogen-bond acceptors (Lipinski definition) is 5. The number of phenols is 1. The summed E-state index contributed by atoms with van der Waals surface area (Å²) in [6.45, 7) is 9.32. The number of aryl methyl sites for hydroxylation is 2. The highest BCUT2D eigenvalue weighted by molar-refractivity contribution is 5.57. The number of benzene rings is 3. The molecule has 1 aliphatic carbocycles. The molecule has 0 amide bonds. The second kappa shape index (κ2) is 13.2. The van der Waals surface area contributed by atoms with Crippen molar-refractivity contribution in [3.8, 4) is 17.2 Å². The number of aromatic hydroxyl groups is 1. The molecule has 0 heterocycles. The monoisotopic (exact) mass is 534 g/mol. The quantitative estimate of drug-likeness (QED) is 0.221. The fourth-order valence-electron chi connectivity index (χ4n) is 5.21. The first-order chi connectivity index (χ1) is 18.7. The van der Waals surface area contributed by atoms with Crippen LogP contribution in [0, 0.1) is 11.2 Å². The number of ether oxygens (including phenoxy) is 2. The average Bonchev–Trinajstić information content (AvgIpc) is 2.91. The molecule has 6 heteroatoms. The van der Waals surface area contributed by atoms with Crippen molar-refractivity contribution in [2.75, 3.05) is 38.7 Å². The second-order valence-electron chi connectivity index (χ2n) is 11.7. The fraction of sp³-hybridized carbons (Fsp3) is 0.455. The van der Waals surface area contributed by atoms with Crippen LogP contribution in [-0.2, 0) is 19.3 Å². The first-order valence-corrected chi connectivity index (χ1v) is 14.1. The Morgan fingerprint density at radius 3 is 2.62 bits per heavy atom. The summed E-state index contributed by atoms with van der Waals surface area (Å²) in [6, 6.07) is 17.3. The third kappa shape index (κ3) is 8.37. The van der Waals surface area contributed by atoms with Crippen molar-refractivity contribution in [3.63, 3.8) is 0 Å². The normalized spacial score (nSPS) is 15.1. The molecule has 3 N–H and O–H groups in total. The van der Waals surface area contributed by atoms with Crippen molar-refractivity contribution >= 4 is 5.69 Å². The predicted octanol–water partition coefficient (Wildman–Crippen LogP) is 6.87. The van der Waals surface area contributed by atoms with Crippen molar-refractivity contribution in [2.45, 2.75) is 58.8 Å². The number of methoxy groups -OCH3 is 1. The maximum atomic E-state index is 14.6. The van der Waals surface area contributed by atoms with Crippen LogP contribution in [0.2, 0.25) is 0 Å². The van der Waals surface area contributed by atoms with E-state index in [1.54, 1.807) is 25.3 Å². The summed E-state index contributed by atoms with van der Waals surface area (Å²) in [5.74, 6) is 1.57. The van der Waals surface area contributed by atoms with Crippen LogP contribution in [0.15, 0.2) is 54.6 Å². The van der Waals surface area contributed by atoms with Gasteiger partial charge in [-0.25, -0.2) is 4.39 Å². The van der Waals surface area contributed by atoms with Gasteiger partial charge in [-0.15, -0.1) is 0 Å². The van der Waals surface area contributed by atoms with Crippen molar-refractivity contribution in [1.82, 2.24) is 5.32 Å². The molecule has 39 heavy (non-hydrogen) atoms. The number of anilines is 1. The number of phenolic OH excluding ortho intramolecular Hbond substituents is 1. The van der Waals surface area contributed by atoms with E-state index in [9.17, 15) is 9.50 Å². The van der Waals surface area contributed by atoms with Crippen LogP contribution >= 0.6 is 0 Å². The van der Waals surface area contributed by atoms with Crippen molar-refractivity contribution in [3.05, 3.63) is 82.7 Å². The Bertz CT molecular complexity index is 1240. The molecule has 0 aliphatic heterocycles. The lowest BCUT2D eigenvalue weighted by Crippen LogP contribution is -2.30. The molecule has 1 aliphatic rings. The van der Waals surface area contributed by atoms with E-state index in [4.69, 9.17) is 9.47 Å². The minimum Gasteiger partial charge on any atom is -0.508 e. The molecule has 0 bridgehead atoms. The van der Waals surface area contributed by atoms with Gasteiger partial charge in [0.2, 0.25) is 0 Å². The second-order valence-corrected chi connectivity index (χ2v) is 11.7. The van der Waals surface area contributed by atoms with Gasteiger partial charge in [0.1, 0.15) is 18.1 Å². The van der Waals surface area contributed by atoms with E-state index < -0.39 is 0 Å². The Morgan fingerprint density at radius 2 is 1.85 bits per heavy atom. The lowest BCUT2D eigenvalue weighted by atomic mass is 9.79. The van der Waals surface area contributed by atoms with E-state index in [2.05, 4.69) is 43.5 Å². The molecule has 0 spiro atoms. The minimum absolute atomic E-state index is 0.212. The van der Waals surface area contributed by atoms with Gasteiger partial charge in [-0.2, -0.15) is 0 Å². The molecule has 0 aromatic heterocycles. The highest BCUT2D eigenvalue weighted by Gasteiger charge is 2.23. The Labute approximate surface area is 232 Å². The predicted molar refractivity (Wildman–Crippen MR) is 157 cm³/mol. The largest absolute Gasteiger partial charge is 0.508 e. The Balaban J connectivity index is 1.29. The number of fused-ring (bicyclic) bond motifs is 1. The zero-order valence-electron chi connectivity index (χ0n) is 23.8. The first kappa shape index (κ1) is 28.8. The Hall–Kier alpha value is -3.25. The summed E-state index contributed by atoms with van der Waals surface area (Å²) >= 11 is 0. The van der Waals surface area contributed by atoms with Crippen LogP contribution in [0.25, 0.3) is 0 Å². The van der Waals surface area contributed by atoms with Crippen molar-refractivity contribution < 1.29 is 19.0 Å². The summed E-state index contributed by atoms with van der Waals surface area (Å²) in [7, 11) is 1.69. The molecule has 4 rings (SSSR count). The summed E-state index contributed by atoms with van der Waals surface area (Å²) in [5, 5.41) is 16.8. The number of halogens is 1. The minimum atomic E-state index is -0.308. The lowest BCUT2D eigenvalue weighted by molar-refractivity contribution is 0.285. The Kier molecular flexibility index (Phi) is 9.73. The topological polar surface area (TPSA) is 62.8 Å². The first-order valence-electron chi connectivity index (χ1n) is 14.1. The molecule has 0 fully saturated rings. The van der Waals surface area contributed by atoms with Gasteiger partial charge in [-0.1, -0.05) is 39.0 Å². The molecule has 5 nitrogen and oxygen atoms in total. The molecule has 0 saturated carbocycles. The highest BCUT2D eigenvalue weighted by Crippen LogP contribution is 2.38. The Morgan fingerprint density at radius 1 is 1.00 bits per heavy atom. The number of nitrogens with one attached hydrogen (secondary N) is 2. The highest BCUT2D eigenvalue weighted by atomic mass is 19.1. The molecule has 3 aromatic rings. The summed E-state index contributed by atoms with van der Waals surface area (Å²) < 4.78 is 25.7. The van der Waals surface area contributed by atoms with Gasteiger partial charge >= 0.3 is 0 Å². The lowest BCUT2D eigenvalue weighted by Gasteiger charge is -2.27. The fourth-order valence-corrected chi connectivity index (χ4v) is 5.21. The molecule has 0 radical (unpaired) electrons. The van der Waals surface area contributed by atoms with E-state index in [-0.39, 0.29) is 11.2 Å².